The molecular weight excluding hydrogens is 420 g/mol. The van der Waals surface area contributed by atoms with E-state index in [-0.39, 0.29) is 17.3 Å². The number of nitrogens with one attached hydrogen (secondary N) is 1. The van der Waals surface area contributed by atoms with E-state index in [1.165, 1.54) is 15.9 Å². The van der Waals surface area contributed by atoms with E-state index in [4.69, 9.17) is 0 Å². The third-order valence-corrected chi connectivity index (χ3v) is 6.88. The van der Waals surface area contributed by atoms with Crippen molar-refractivity contribution in [3.8, 4) is 0 Å². The van der Waals surface area contributed by atoms with Gasteiger partial charge < -0.3 is 5.32 Å². The van der Waals surface area contributed by atoms with Gasteiger partial charge in [-0.25, -0.2) is 8.42 Å². The van der Waals surface area contributed by atoms with Gasteiger partial charge >= 0.3 is 0 Å². The van der Waals surface area contributed by atoms with Crippen LogP contribution in [0.2, 0.25) is 0 Å². The lowest BCUT2D eigenvalue weighted by Gasteiger charge is -2.23. The number of sulfonamides is 1. The van der Waals surface area contributed by atoms with Crippen LogP contribution in [0.15, 0.2) is 96.4 Å². The van der Waals surface area contributed by atoms with Crippen molar-refractivity contribution in [2.24, 2.45) is 0 Å². The highest BCUT2D eigenvalue weighted by atomic mass is 32.2. The Kier molecular flexibility index (Phi) is 7.84. The Bertz CT molecular complexity index is 1140. The highest BCUT2D eigenvalue weighted by Crippen LogP contribution is 2.24. The molecule has 3 aromatic carbocycles. The number of amides is 1. The average Bonchev–Trinajstić information content (AvgIpc) is 2.82. The van der Waals surface area contributed by atoms with Gasteiger partial charge in [0.15, 0.2) is 0 Å². The number of carbonyl (C=O) groups excluding carboxylic acids is 1. The van der Waals surface area contributed by atoms with Crippen LogP contribution in [-0.2, 0) is 16.4 Å². The minimum Gasteiger partial charge on any atom is -0.322 e. The molecule has 0 unspecified atom stereocenters. The summed E-state index contributed by atoms with van der Waals surface area (Å²) in [5.74, 6) is -0.251. The number of anilines is 2. The molecule has 5 nitrogen and oxygen atoms in total. The van der Waals surface area contributed by atoms with E-state index in [2.05, 4.69) is 18.8 Å². The van der Waals surface area contributed by atoms with Crippen LogP contribution in [0.1, 0.15) is 35.7 Å². The van der Waals surface area contributed by atoms with Crippen molar-refractivity contribution < 1.29 is 13.2 Å². The van der Waals surface area contributed by atoms with E-state index in [1.54, 1.807) is 54.6 Å². The van der Waals surface area contributed by atoms with Gasteiger partial charge in [-0.15, -0.1) is 6.58 Å². The Morgan fingerprint density at radius 3 is 2.22 bits per heavy atom. The van der Waals surface area contributed by atoms with Crippen molar-refractivity contribution in [1.82, 2.24) is 0 Å². The molecule has 3 rings (SSSR count). The highest BCUT2D eigenvalue weighted by Gasteiger charge is 2.24. The molecule has 0 heterocycles. The smallest absolute Gasteiger partial charge is 0.264 e. The first kappa shape index (κ1) is 23.3. The van der Waals surface area contributed by atoms with Gasteiger partial charge in [0.2, 0.25) is 0 Å². The summed E-state index contributed by atoms with van der Waals surface area (Å²) in [7, 11) is -3.75. The summed E-state index contributed by atoms with van der Waals surface area (Å²) < 4.78 is 27.4. The number of aryl methyl sites for hydroxylation is 1. The first-order chi connectivity index (χ1) is 15.5. The van der Waals surface area contributed by atoms with Gasteiger partial charge in [-0.3, -0.25) is 9.10 Å². The SMILES string of the molecule is C=CCN(c1ccc(C(=O)Nc2ccc(CCCC)cc2)cc1)S(=O)(=O)c1ccccc1. The molecule has 1 amide bonds. The van der Waals surface area contributed by atoms with E-state index in [1.807, 2.05) is 24.3 Å². The fraction of sp³-hybridized carbons (Fsp3) is 0.192. The zero-order chi connectivity index (χ0) is 23.0. The number of benzene rings is 3. The Hall–Kier alpha value is -3.38. The van der Waals surface area contributed by atoms with Crippen molar-refractivity contribution in [3.05, 3.63) is 103 Å². The Balaban J connectivity index is 1.75. The van der Waals surface area contributed by atoms with Crippen LogP contribution < -0.4 is 9.62 Å². The lowest BCUT2D eigenvalue weighted by atomic mass is 10.1. The van der Waals surface area contributed by atoms with E-state index < -0.39 is 10.0 Å². The first-order valence-electron chi connectivity index (χ1n) is 10.6. The van der Waals surface area contributed by atoms with Crippen molar-refractivity contribution in [2.45, 2.75) is 31.1 Å². The molecule has 0 aliphatic rings. The fourth-order valence-electron chi connectivity index (χ4n) is 3.30. The van der Waals surface area contributed by atoms with Crippen LogP contribution in [0.5, 0.6) is 0 Å². The fourth-order valence-corrected chi connectivity index (χ4v) is 4.75. The number of hydrogen-bond acceptors (Lipinski definition) is 3. The molecule has 166 valence electrons. The van der Waals surface area contributed by atoms with E-state index >= 15 is 0 Å². The molecule has 0 aliphatic carbocycles. The number of nitrogens with zero attached hydrogens (tertiary/aromatic N) is 1. The Morgan fingerprint density at radius 1 is 0.969 bits per heavy atom. The molecular formula is C26H28N2O3S. The van der Waals surface area contributed by atoms with Crippen LogP contribution >= 0.6 is 0 Å². The molecule has 0 radical (unpaired) electrons. The van der Waals surface area contributed by atoms with Crippen molar-refractivity contribution in [1.29, 1.82) is 0 Å². The molecule has 32 heavy (non-hydrogen) atoms. The largest absolute Gasteiger partial charge is 0.322 e. The zero-order valence-electron chi connectivity index (χ0n) is 18.2. The quantitative estimate of drug-likeness (QED) is 0.407. The Labute approximate surface area is 190 Å². The minimum absolute atomic E-state index is 0.118. The second-order valence-corrected chi connectivity index (χ2v) is 9.30. The number of rotatable bonds is 10. The third kappa shape index (κ3) is 5.65. The molecule has 0 aliphatic heterocycles. The predicted octanol–water partition coefficient (Wildman–Crippen LogP) is 5.66. The monoisotopic (exact) mass is 448 g/mol. The third-order valence-electron chi connectivity index (χ3n) is 5.07. The standard InChI is InChI=1S/C26H28N2O3S/c1-3-5-9-21-12-16-23(17-13-21)27-26(29)22-14-18-24(19-15-22)28(20-4-2)32(30,31)25-10-7-6-8-11-25/h4,6-8,10-19H,2-3,5,9,20H2,1H3,(H,27,29). The van der Waals surface area contributed by atoms with Gasteiger partial charge in [-0.05, 0) is 66.9 Å². The summed E-state index contributed by atoms with van der Waals surface area (Å²) in [6, 6.07) is 22.6. The molecule has 0 atom stereocenters. The average molecular weight is 449 g/mol. The van der Waals surface area contributed by atoms with Crippen LogP contribution in [0, 0.1) is 0 Å². The normalized spacial score (nSPS) is 11.0. The summed E-state index contributed by atoms with van der Waals surface area (Å²) in [6.45, 7) is 5.96. The summed E-state index contributed by atoms with van der Waals surface area (Å²) in [4.78, 5) is 12.8. The van der Waals surface area contributed by atoms with Crippen LogP contribution in [0.25, 0.3) is 0 Å². The van der Waals surface area contributed by atoms with E-state index in [0.717, 1.165) is 24.9 Å². The maximum atomic E-state index is 13.1. The van der Waals surface area contributed by atoms with Gasteiger partial charge in [-0.2, -0.15) is 0 Å². The molecule has 0 spiro atoms. The molecule has 0 aromatic heterocycles. The summed E-state index contributed by atoms with van der Waals surface area (Å²) in [6.07, 6.45) is 4.84. The second-order valence-electron chi connectivity index (χ2n) is 7.44. The van der Waals surface area contributed by atoms with E-state index in [9.17, 15) is 13.2 Å². The topological polar surface area (TPSA) is 66.5 Å². The van der Waals surface area contributed by atoms with Crippen molar-refractivity contribution in [3.63, 3.8) is 0 Å². The molecule has 1 N–H and O–H groups in total. The summed E-state index contributed by atoms with van der Waals surface area (Å²) in [5.41, 5.74) is 2.88. The van der Waals surface area contributed by atoms with Crippen LogP contribution in [0.3, 0.4) is 0 Å². The maximum absolute atomic E-state index is 13.1. The maximum Gasteiger partial charge on any atom is 0.264 e. The predicted molar refractivity (Wildman–Crippen MR) is 131 cm³/mol. The molecule has 3 aromatic rings. The minimum atomic E-state index is -3.75. The zero-order valence-corrected chi connectivity index (χ0v) is 19.0. The lowest BCUT2D eigenvalue weighted by Crippen LogP contribution is -2.31. The van der Waals surface area contributed by atoms with Gasteiger partial charge in [0.25, 0.3) is 15.9 Å². The number of carbonyl (C=O) groups is 1. The molecule has 0 saturated heterocycles. The highest BCUT2D eigenvalue weighted by molar-refractivity contribution is 7.92. The van der Waals surface area contributed by atoms with Crippen molar-refractivity contribution in [2.75, 3.05) is 16.2 Å². The van der Waals surface area contributed by atoms with Gasteiger partial charge in [0.05, 0.1) is 17.1 Å². The van der Waals surface area contributed by atoms with Crippen LogP contribution in [-0.4, -0.2) is 20.9 Å². The summed E-state index contributed by atoms with van der Waals surface area (Å²) >= 11 is 0. The van der Waals surface area contributed by atoms with Gasteiger partial charge in [0, 0.05) is 11.3 Å². The van der Waals surface area contributed by atoms with Gasteiger partial charge in [-0.1, -0.05) is 49.8 Å². The van der Waals surface area contributed by atoms with Crippen molar-refractivity contribution >= 4 is 27.3 Å². The second kappa shape index (κ2) is 10.8. The van der Waals surface area contributed by atoms with E-state index in [0.29, 0.717) is 11.3 Å². The molecule has 0 bridgehead atoms. The number of hydrogen-bond donors (Lipinski definition) is 1. The molecule has 0 fully saturated rings. The summed E-state index contributed by atoms with van der Waals surface area (Å²) in [5, 5.41) is 2.88. The lowest BCUT2D eigenvalue weighted by molar-refractivity contribution is 0.102. The molecule has 0 saturated carbocycles. The van der Waals surface area contributed by atoms with Crippen LogP contribution in [0.4, 0.5) is 11.4 Å². The first-order valence-corrected chi connectivity index (χ1v) is 12.1. The Morgan fingerprint density at radius 2 is 1.62 bits per heavy atom. The van der Waals surface area contributed by atoms with Gasteiger partial charge in [0.1, 0.15) is 0 Å². The molecule has 6 heteroatoms. The number of unbranched alkanes of at least 4 members (excludes halogenated alkanes) is 1.